The zero-order valence-electron chi connectivity index (χ0n) is 11.8. The lowest BCUT2D eigenvalue weighted by Crippen LogP contribution is -2.25. The standard InChI is InChI=1S/C17H21N3/c1-2-6-13(7-3-1)17-19-15-12-18-11-10-16(15)20(17)14-8-4-5-9-14/h1-3,6-7,14,18H,4-5,8-12H2. The van der Waals surface area contributed by atoms with Gasteiger partial charge in [0, 0.05) is 36.8 Å². The van der Waals surface area contributed by atoms with Crippen LogP contribution in [0.25, 0.3) is 11.4 Å². The molecule has 104 valence electrons. The Balaban J connectivity index is 1.86. The molecular formula is C17H21N3. The van der Waals surface area contributed by atoms with E-state index in [1.807, 2.05) is 0 Å². The van der Waals surface area contributed by atoms with E-state index in [0.717, 1.165) is 19.5 Å². The molecule has 0 spiro atoms. The lowest BCUT2D eigenvalue weighted by Gasteiger charge is -2.21. The van der Waals surface area contributed by atoms with Crippen molar-refractivity contribution in [2.45, 2.75) is 44.7 Å². The number of hydrogen-bond donors (Lipinski definition) is 1. The van der Waals surface area contributed by atoms with E-state index in [0.29, 0.717) is 6.04 Å². The van der Waals surface area contributed by atoms with Crippen molar-refractivity contribution in [2.75, 3.05) is 6.54 Å². The van der Waals surface area contributed by atoms with Crippen LogP contribution in [-0.4, -0.2) is 16.1 Å². The summed E-state index contributed by atoms with van der Waals surface area (Å²) in [6.45, 7) is 2.01. The van der Waals surface area contributed by atoms with Crippen LogP contribution in [0.15, 0.2) is 30.3 Å². The Morgan fingerprint density at radius 1 is 1.10 bits per heavy atom. The van der Waals surface area contributed by atoms with Gasteiger partial charge in [-0.3, -0.25) is 0 Å². The number of nitrogens with one attached hydrogen (secondary N) is 1. The summed E-state index contributed by atoms with van der Waals surface area (Å²) in [5.41, 5.74) is 4.00. The first-order valence-corrected chi connectivity index (χ1v) is 7.79. The highest BCUT2D eigenvalue weighted by Gasteiger charge is 2.27. The number of hydrogen-bond acceptors (Lipinski definition) is 2. The van der Waals surface area contributed by atoms with Gasteiger partial charge in [-0.1, -0.05) is 43.2 Å². The van der Waals surface area contributed by atoms with Crippen molar-refractivity contribution >= 4 is 0 Å². The van der Waals surface area contributed by atoms with E-state index in [4.69, 9.17) is 4.98 Å². The molecule has 4 rings (SSSR count). The van der Waals surface area contributed by atoms with Crippen LogP contribution in [0.4, 0.5) is 0 Å². The molecule has 0 saturated heterocycles. The van der Waals surface area contributed by atoms with E-state index in [9.17, 15) is 0 Å². The fourth-order valence-corrected chi connectivity index (χ4v) is 3.68. The number of nitrogens with zero attached hydrogens (tertiary/aromatic N) is 2. The highest BCUT2D eigenvalue weighted by atomic mass is 15.1. The molecule has 0 bridgehead atoms. The van der Waals surface area contributed by atoms with Crippen LogP contribution >= 0.6 is 0 Å². The maximum Gasteiger partial charge on any atom is 0.140 e. The Hall–Kier alpha value is -1.61. The molecule has 1 aromatic heterocycles. The van der Waals surface area contributed by atoms with Crippen molar-refractivity contribution in [3.63, 3.8) is 0 Å². The minimum absolute atomic E-state index is 0.666. The number of aromatic nitrogens is 2. The second-order valence-corrected chi connectivity index (χ2v) is 5.93. The van der Waals surface area contributed by atoms with Gasteiger partial charge in [0.2, 0.25) is 0 Å². The minimum atomic E-state index is 0.666. The highest BCUT2D eigenvalue weighted by Crippen LogP contribution is 2.36. The number of fused-ring (bicyclic) bond motifs is 1. The van der Waals surface area contributed by atoms with Crippen LogP contribution in [0.3, 0.4) is 0 Å². The Morgan fingerprint density at radius 3 is 2.70 bits per heavy atom. The Kier molecular flexibility index (Phi) is 3.07. The Bertz CT molecular complexity index is 594. The normalized spacial score (nSPS) is 19.2. The van der Waals surface area contributed by atoms with Crippen LogP contribution in [-0.2, 0) is 13.0 Å². The highest BCUT2D eigenvalue weighted by molar-refractivity contribution is 5.57. The molecule has 0 amide bonds. The van der Waals surface area contributed by atoms with E-state index < -0.39 is 0 Å². The van der Waals surface area contributed by atoms with Crippen molar-refractivity contribution in [1.82, 2.24) is 14.9 Å². The molecule has 0 radical (unpaired) electrons. The van der Waals surface area contributed by atoms with E-state index >= 15 is 0 Å². The van der Waals surface area contributed by atoms with Crippen molar-refractivity contribution in [3.8, 4) is 11.4 Å². The maximum absolute atomic E-state index is 4.97. The topological polar surface area (TPSA) is 29.9 Å². The van der Waals surface area contributed by atoms with E-state index in [2.05, 4.69) is 40.2 Å². The zero-order valence-corrected chi connectivity index (χ0v) is 11.8. The molecule has 3 heteroatoms. The first-order chi connectivity index (χ1) is 9.93. The minimum Gasteiger partial charge on any atom is -0.325 e. The third-order valence-electron chi connectivity index (χ3n) is 4.65. The fourth-order valence-electron chi connectivity index (χ4n) is 3.68. The predicted molar refractivity (Wildman–Crippen MR) is 80.6 cm³/mol. The van der Waals surface area contributed by atoms with Crippen molar-refractivity contribution in [1.29, 1.82) is 0 Å². The Morgan fingerprint density at radius 2 is 1.90 bits per heavy atom. The first-order valence-electron chi connectivity index (χ1n) is 7.79. The van der Waals surface area contributed by atoms with Gasteiger partial charge in [0.25, 0.3) is 0 Å². The molecule has 1 aromatic carbocycles. The summed E-state index contributed by atoms with van der Waals surface area (Å²) >= 11 is 0. The summed E-state index contributed by atoms with van der Waals surface area (Å²) in [6, 6.07) is 11.3. The molecule has 1 N–H and O–H groups in total. The predicted octanol–water partition coefficient (Wildman–Crippen LogP) is 3.31. The van der Waals surface area contributed by atoms with Gasteiger partial charge in [0.15, 0.2) is 0 Å². The number of imidazole rings is 1. The summed E-state index contributed by atoms with van der Waals surface area (Å²) in [5, 5.41) is 3.45. The summed E-state index contributed by atoms with van der Waals surface area (Å²) in [6.07, 6.45) is 6.48. The molecule has 2 aromatic rings. The van der Waals surface area contributed by atoms with Crippen molar-refractivity contribution < 1.29 is 0 Å². The van der Waals surface area contributed by atoms with E-state index in [1.54, 1.807) is 0 Å². The van der Waals surface area contributed by atoms with Crippen molar-refractivity contribution in [3.05, 3.63) is 41.7 Å². The summed E-state index contributed by atoms with van der Waals surface area (Å²) in [5.74, 6) is 1.19. The number of rotatable bonds is 2. The zero-order chi connectivity index (χ0) is 13.4. The summed E-state index contributed by atoms with van der Waals surface area (Å²) in [7, 11) is 0. The van der Waals surface area contributed by atoms with Gasteiger partial charge >= 0.3 is 0 Å². The van der Waals surface area contributed by atoms with Gasteiger partial charge in [-0.2, -0.15) is 0 Å². The first kappa shape index (κ1) is 12.2. The van der Waals surface area contributed by atoms with Crippen molar-refractivity contribution in [2.24, 2.45) is 0 Å². The molecule has 1 fully saturated rings. The van der Waals surface area contributed by atoms with Gasteiger partial charge in [-0.05, 0) is 12.8 Å². The SMILES string of the molecule is c1ccc(-c2nc3c(n2C2CCCC2)CCNC3)cc1. The fraction of sp³-hybridized carbons (Fsp3) is 0.471. The van der Waals surface area contributed by atoms with Crippen LogP contribution < -0.4 is 5.32 Å². The molecule has 2 aliphatic rings. The van der Waals surface area contributed by atoms with Crippen LogP contribution in [0.1, 0.15) is 43.1 Å². The molecule has 3 nitrogen and oxygen atoms in total. The second-order valence-electron chi connectivity index (χ2n) is 5.93. The molecule has 1 aliphatic heterocycles. The smallest absolute Gasteiger partial charge is 0.140 e. The lowest BCUT2D eigenvalue weighted by molar-refractivity contribution is 0.491. The average Bonchev–Trinajstić information content (AvgIpc) is 3.14. The molecule has 2 heterocycles. The molecule has 1 aliphatic carbocycles. The third kappa shape index (κ3) is 1.97. The van der Waals surface area contributed by atoms with Gasteiger partial charge in [-0.15, -0.1) is 0 Å². The van der Waals surface area contributed by atoms with E-state index in [1.165, 1.54) is 48.5 Å². The molecule has 20 heavy (non-hydrogen) atoms. The molecule has 0 atom stereocenters. The van der Waals surface area contributed by atoms with Gasteiger partial charge in [0.1, 0.15) is 5.82 Å². The number of benzene rings is 1. The van der Waals surface area contributed by atoms with Gasteiger partial charge in [-0.25, -0.2) is 4.98 Å². The maximum atomic E-state index is 4.97. The van der Waals surface area contributed by atoms with Crippen LogP contribution in [0.5, 0.6) is 0 Å². The van der Waals surface area contributed by atoms with Gasteiger partial charge in [0.05, 0.1) is 5.69 Å². The monoisotopic (exact) mass is 267 g/mol. The molecule has 0 unspecified atom stereocenters. The third-order valence-corrected chi connectivity index (χ3v) is 4.65. The van der Waals surface area contributed by atoms with Crippen LogP contribution in [0, 0.1) is 0 Å². The largest absolute Gasteiger partial charge is 0.325 e. The average molecular weight is 267 g/mol. The van der Waals surface area contributed by atoms with Gasteiger partial charge < -0.3 is 9.88 Å². The quantitative estimate of drug-likeness (QED) is 0.904. The summed E-state index contributed by atoms with van der Waals surface area (Å²) in [4.78, 5) is 4.97. The second kappa shape index (κ2) is 5.06. The van der Waals surface area contributed by atoms with E-state index in [-0.39, 0.29) is 0 Å². The lowest BCUT2D eigenvalue weighted by atomic mass is 10.1. The summed E-state index contributed by atoms with van der Waals surface area (Å²) < 4.78 is 2.57. The molecule has 1 saturated carbocycles. The Labute approximate surface area is 120 Å². The van der Waals surface area contributed by atoms with Crippen LogP contribution in [0.2, 0.25) is 0 Å². The molecular weight excluding hydrogens is 246 g/mol.